The molecule has 92 valence electrons. The zero-order valence-electron chi connectivity index (χ0n) is 10.4. The fraction of sp³-hybridized carbons (Fsp3) is 0.583. The van der Waals surface area contributed by atoms with Crippen LogP contribution in [0.15, 0.2) is 12.4 Å². The van der Waals surface area contributed by atoms with Gasteiger partial charge < -0.3 is 10.4 Å². The molecule has 1 rings (SSSR count). The molecule has 5 nitrogen and oxygen atoms in total. The van der Waals surface area contributed by atoms with Gasteiger partial charge in [0.2, 0.25) is 0 Å². The third-order valence-corrected chi connectivity index (χ3v) is 2.26. The zero-order chi connectivity index (χ0) is 12.9. The summed E-state index contributed by atoms with van der Waals surface area (Å²) in [6.07, 6.45) is 3.60. The lowest BCUT2D eigenvalue weighted by Crippen LogP contribution is -2.35. The molecule has 1 unspecified atom stereocenters. The highest BCUT2D eigenvalue weighted by atomic mass is 16.3. The molecule has 1 atom stereocenters. The molecular weight excluding hydrogens is 216 g/mol. The SMILES string of the molecule is CC(C)CC(C)(O)CNc1cnc(C#N)cn1. The zero-order valence-corrected chi connectivity index (χ0v) is 10.4. The second-order valence-corrected chi connectivity index (χ2v) is 4.85. The van der Waals surface area contributed by atoms with E-state index in [0.29, 0.717) is 24.7 Å². The molecule has 0 aliphatic carbocycles. The van der Waals surface area contributed by atoms with Crippen LogP contribution in [0.2, 0.25) is 0 Å². The molecule has 0 bridgehead atoms. The van der Waals surface area contributed by atoms with Crippen molar-refractivity contribution < 1.29 is 5.11 Å². The molecule has 1 heterocycles. The maximum Gasteiger partial charge on any atom is 0.158 e. The molecule has 0 amide bonds. The third-order valence-electron chi connectivity index (χ3n) is 2.26. The lowest BCUT2D eigenvalue weighted by Gasteiger charge is -2.25. The Hall–Kier alpha value is -1.67. The molecule has 0 spiro atoms. The van der Waals surface area contributed by atoms with Crippen LogP contribution in [0.1, 0.15) is 32.9 Å². The quantitative estimate of drug-likeness (QED) is 0.808. The van der Waals surface area contributed by atoms with Crippen LogP contribution in [-0.2, 0) is 0 Å². The average Bonchev–Trinajstić information content (AvgIpc) is 2.25. The maximum absolute atomic E-state index is 10.1. The van der Waals surface area contributed by atoms with E-state index >= 15 is 0 Å². The number of nitrogens with one attached hydrogen (secondary N) is 1. The summed E-state index contributed by atoms with van der Waals surface area (Å²) in [4.78, 5) is 7.92. The van der Waals surface area contributed by atoms with Crippen molar-refractivity contribution in [3.8, 4) is 6.07 Å². The first-order valence-corrected chi connectivity index (χ1v) is 5.61. The van der Waals surface area contributed by atoms with E-state index in [1.54, 1.807) is 6.92 Å². The molecule has 1 aromatic rings. The second kappa shape index (κ2) is 5.60. The molecule has 0 aromatic carbocycles. The van der Waals surface area contributed by atoms with Gasteiger partial charge in [0.05, 0.1) is 18.0 Å². The van der Waals surface area contributed by atoms with Gasteiger partial charge in [-0.15, -0.1) is 0 Å². The molecule has 17 heavy (non-hydrogen) atoms. The van der Waals surface area contributed by atoms with Gasteiger partial charge in [-0.25, -0.2) is 9.97 Å². The van der Waals surface area contributed by atoms with Gasteiger partial charge in [0.15, 0.2) is 5.69 Å². The van der Waals surface area contributed by atoms with Crippen LogP contribution in [0.4, 0.5) is 5.82 Å². The Morgan fingerprint density at radius 3 is 2.65 bits per heavy atom. The lowest BCUT2D eigenvalue weighted by atomic mass is 9.94. The van der Waals surface area contributed by atoms with E-state index in [9.17, 15) is 5.11 Å². The molecule has 0 radical (unpaired) electrons. The molecule has 0 saturated heterocycles. The number of nitrogens with zero attached hydrogens (tertiary/aromatic N) is 3. The molecule has 0 saturated carbocycles. The topological polar surface area (TPSA) is 81.8 Å². The Morgan fingerprint density at radius 2 is 2.18 bits per heavy atom. The summed E-state index contributed by atoms with van der Waals surface area (Å²) in [5, 5.41) is 21.7. The first-order valence-electron chi connectivity index (χ1n) is 5.61. The molecular formula is C12H18N4O. The van der Waals surface area contributed by atoms with E-state index in [-0.39, 0.29) is 5.69 Å². The largest absolute Gasteiger partial charge is 0.388 e. The summed E-state index contributed by atoms with van der Waals surface area (Å²) >= 11 is 0. The van der Waals surface area contributed by atoms with E-state index in [0.717, 1.165) is 0 Å². The Kier molecular flexibility index (Phi) is 4.41. The van der Waals surface area contributed by atoms with Crippen molar-refractivity contribution in [2.75, 3.05) is 11.9 Å². The van der Waals surface area contributed by atoms with E-state index in [1.807, 2.05) is 6.07 Å². The fourth-order valence-electron chi connectivity index (χ4n) is 1.71. The van der Waals surface area contributed by atoms with Crippen molar-refractivity contribution in [1.82, 2.24) is 9.97 Å². The smallest absolute Gasteiger partial charge is 0.158 e. The van der Waals surface area contributed by atoms with E-state index in [1.165, 1.54) is 12.4 Å². The van der Waals surface area contributed by atoms with Crippen molar-refractivity contribution in [1.29, 1.82) is 5.26 Å². The number of hydrogen-bond donors (Lipinski definition) is 2. The highest BCUT2D eigenvalue weighted by molar-refractivity contribution is 5.33. The van der Waals surface area contributed by atoms with E-state index in [4.69, 9.17) is 5.26 Å². The van der Waals surface area contributed by atoms with Crippen molar-refractivity contribution in [3.63, 3.8) is 0 Å². The van der Waals surface area contributed by atoms with Gasteiger partial charge in [-0.05, 0) is 19.3 Å². The van der Waals surface area contributed by atoms with Gasteiger partial charge in [-0.2, -0.15) is 5.26 Å². The van der Waals surface area contributed by atoms with Gasteiger partial charge in [0.1, 0.15) is 11.9 Å². The van der Waals surface area contributed by atoms with Crippen molar-refractivity contribution in [3.05, 3.63) is 18.1 Å². The summed E-state index contributed by atoms with van der Waals surface area (Å²) in [7, 11) is 0. The third kappa shape index (κ3) is 4.79. The minimum atomic E-state index is -0.774. The van der Waals surface area contributed by atoms with Gasteiger partial charge in [-0.3, -0.25) is 0 Å². The first-order chi connectivity index (χ1) is 7.93. The van der Waals surface area contributed by atoms with Gasteiger partial charge in [-0.1, -0.05) is 13.8 Å². The number of hydrogen-bond acceptors (Lipinski definition) is 5. The van der Waals surface area contributed by atoms with E-state index < -0.39 is 5.60 Å². The lowest BCUT2D eigenvalue weighted by molar-refractivity contribution is 0.0515. The van der Waals surface area contributed by atoms with Crippen molar-refractivity contribution >= 4 is 5.82 Å². The second-order valence-electron chi connectivity index (χ2n) is 4.85. The van der Waals surface area contributed by atoms with Gasteiger partial charge in [0, 0.05) is 6.54 Å². The fourth-order valence-corrected chi connectivity index (χ4v) is 1.71. The Morgan fingerprint density at radius 1 is 1.47 bits per heavy atom. The molecule has 0 aliphatic heterocycles. The molecule has 1 aromatic heterocycles. The minimum Gasteiger partial charge on any atom is -0.388 e. The highest BCUT2D eigenvalue weighted by Crippen LogP contribution is 2.16. The van der Waals surface area contributed by atoms with Gasteiger partial charge in [0.25, 0.3) is 0 Å². The number of aromatic nitrogens is 2. The number of aliphatic hydroxyl groups is 1. The summed E-state index contributed by atoms with van der Waals surface area (Å²) < 4.78 is 0. The number of rotatable bonds is 5. The predicted octanol–water partition coefficient (Wildman–Crippen LogP) is 1.56. The summed E-state index contributed by atoms with van der Waals surface area (Å²) in [6, 6.07) is 1.90. The summed E-state index contributed by atoms with van der Waals surface area (Å²) in [6.45, 7) is 6.33. The molecule has 2 N–H and O–H groups in total. The van der Waals surface area contributed by atoms with Gasteiger partial charge >= 0.3 is 0 Å². The summed E-state index contributed by atoms with van der Waals surface area (Å²) in [5.74, 6) is 0.992. The van der Waals surface area contributed by atoms with Crippen LogP contribution in [0.5, 0.6) is 0 Å². The van der Waals surface area contributed by atoms with Crippen LogP contribution in [0.25, 0.3) is 0 Å². The Labute approximate surface area is 102 Å². The first kappa shape index (κ1) is 13.4. The number of nitriles is 1. The van der Waals surface area contributed by atoms with Crippen LogP contribution < -0.4 is 5.32 Å². The van der Waals surface area contributed by atoms with Crippen LogP contribution in [0.3, 0.4) is 0 Å². The normalized spacial score (nSPS) is 14.1. The molecule has 0 fully saturated rings. The van der Waals surface area contributed by atoms with Crippen molar-refractivity contribution in [2.24, 2.45) is 5.92 Å². The minimum absolute atomic E-state index is 0.282. The average molecular weight is 234 g/mol. The maximum atomic E-state index is 10.1. The van der Waals surface area contributed by atoms with Crippen LogP contribution in [-0.4, -0.2) is 27.2 Å². The van der Waals surface area contributed by atoms with Crippen LogP contribution >= 0.6 is 0 Å². The standard InChI is InChI=1S/C12H18N4O/c1-9(2)4-12(3,17)8-16-11-7-14-10(5-13)6-15-11/h6-7,9,17H,4,8H2,1-3H3,(H,15,16). The highest BCUT2D eigenvalue weighted by Gasteiger charge is 2.21. The molecule has 5 heteroatoms. The summed E-state index contributed by atoms with van der Waals surface area (Å²) in [5.41, 5.74) is -0.492. The Bertz CT molecular complexity index is 392. The predicted molar refractivity (Wildman–Crippen MR) is 65.3 cm³/mol. The van der Waals surface area contributed by atoms with E-state index in [2.05, 4.69) is 29.1 Å². The van der Waals surface area contributed by atoms with Crippen LogP contribution in [0, 0.1) is 17.2 Å². The Balaban J connectivity index is 2.52. The number of anilines is 1. The monoisotopic (exact) mass is 234 g/mol. The molecule has 0 aliphatic rings. The van der Waals surface area contributed by atoms with Crippen molar-refractivity contribution in [2.45, 2.75) is 32.8 Å².